The normalized spacial score (nSPS) is 13.7. The van der Waals surface area contributed by atoms with Crippen LogP contribution in [0.2, 0.25) is 0 Å². The van der Waals surface area contributed by atoms with Crippen LogP contribution in [0.3, 0.4) is 0 Å². The molecule has 84 valence electrons. The minimum atomic E-state index is -3.37. The van der Waals surface area contributed by atoms with Crippen molar-refractivity contribution in [3.05, 3.63) is 30.3 Å². The lowest BCUT2D eigenvalue weighted by Crippen LogP contribution is -2.30. The van der Waals surface area contributed by atoms with Gasteiger partial charge in [-0.15, -0.1) is 0 Å². The minimum Gasteiger partial charge on any atom is -0.391 e. The molecule has 0 aliphatic carbocycles. The Morgan fingerprint density at radius 1 is 1.33 bits per heavy atom. The summed E-state index contributed by atoms with van der Waals surface area (Å²) in [7, 11) is -1.71. The summed E-state index contributed by atoms with van der Waals surface area (Å²) in [5.74, 6) is -0.252. The van der Waals surface area contributed by atoms with Gasteiger partial charge in [0.05, 0.1) is 16.8 Å². The van der Waals surface area contributed by atoms with Crippen molar-refractivity contribution in [3.8, 4) is 0 Å². The van der Waals surface area contributed by atoms with Crippen molar-refractivity contribution in [1.82, 2.24) is 5.32 Å². The molecule has 0 fully saturated rings. The van der Waals surface area contributed by atoms with Gasteiger partial charge in [0.15, 0.2) is 9.84 Å². The highest BCUT2D eigenvalue weighted by Gasteiger charge is 2.18. The molecule has 0 unspecified atom stereocenters. The number of hydrogen-bond acceptors (Lipinski definition) is 4. The van der Waals surface area contributed by atoms with Crippen LogP contribution in [0, 0.1) is 0 Å². The first-order valence-corrected chi connectivity index (χ1v) is 6.32. The topological polar surface area (TPSA) is 66.4 Å². The van der Waals surface area contributed by atoms with Crippen molar-refractivity contribution in [2.24, 2.45) is 0 Å². The lowest BCUT2D eigenvalue weighted by atomic mass is 10.4. The lowest BCUT2D eigenvalue weighted by molar-refractivity contribution is 0.197. The molecule has 0 saturated carbocycles. The number of aliphatic hydroxyl groups excluding tert-OH is 1. The molecule has 15 heavy (non-hydrogen) atoms. The average molecular weight is 229 g/mol. The van der Waals surface area contributed by atoms with Gasteiger partial charge in [0.2, 0.25) is 0 Å². The summed E-state index contributed by atoms with van der Waals surface area (Å²) in [6, 6.07) is 8.14. The first kappa shape index (κ1) is 12.2. The Morgan fingerprint density at radius 3 is 2.47 bits per heavy atom. The highest BCUT2D eigenvalue weighted by atomic mass is 32.2. The predicted octanol–water partition coefficient (Wildman–Crippen LogP) is 0.0406. The van der Waals surface area contributed by atoms with Gasteiger partial charge in [-0.1, -0.05) is 18.2 Å². The second-order valence-electron chi connectivity index (χ2n) is 3.31. The maximum Gasteiger partial charge on any atom is 0.180 e. The number of likely N-dealkylation sites (N-methyl/N-ethyl adjacent to an activating group) is 1. The van der Waals surface area contributed by atoms with Crippen LogP contribution in [0.5, 0.6) is 0 Å². The Morgan fingerprint density at radius 2 is 1.93 bits per heavy atom. The van der Waals surface area contributed by atoms with Gasteiger partial charge in [-0.3, -0.25) is 0 Å². The zero-order valence-electron chi connectivity index (χ0n) is 8.55. The average Bonchev–Trinajstić information content (AvgIpc) is 2.18. The molecule has 2 N–H and O–H groups in total. The van der Waals surface area contributed by atoms with Crippen molar-refractivity contribution in [1.29, 1.82) is 0 Å². The van der Waals surface area contributed by atoms with E-state index in [0.717, 1.165) is 0 Å². The van der Waals surface area contributed by atoms with E-state index in [2.05, 4.69) is 5.32 Å². The minimum absolute atomic E-state index is 0.250. The van der Waals surface area contributed by atoms with Gasteiger partial charge in [-0.25, -0.2) is 8.42 Å². The first-order chi connectivity index (χ1) is 7.06. The molecule has 1 rings (SSSR count). The van der Waals surface area contributed by atoms with Gasteiger partial charge in [0, 0.05) is 6.54 Å². The molecule has 0 bridgehead atoms. The number of nitrogens with one attached hydrogen (secondary N) is 1. The molecule has 0 saturated heterocycles. The van der Waals surface area contributed by atoms with Crippen LogP contribution in [-0.2, 0) is 9.84 Å². The van der Waals surface area contributed by atoms with E-state index < -0.39 is 15.9 Å². The summed E-state index contributed by atoms with van der Waals surface area (Å²) in [5.41, 5.74) is 0. The third-order valence-corrected chi connectivity index (χ3v) is 3.77. The molecule has 0 aliphatic heterocycles. The standard InChI is InChI=1S/C10H15NO3S/c1-11-7-9(12)8-15(13,14)10-5-3-2-4-6-10/h2-6,9,11-12H,7-8H2,1H3/t9-/m0/s1. The summed E-state index contributed by atoms with van der Waals surface area (Å²) in [5, 5.41) is 12.1. The molecule has 0 spiro atoms. The molecule has 1 aromatic carbocycles. The number of aliphatic hydroxyl groups is 1. The van der Waals surface area contributed by atoms with E-state index >= 15 is 0 Å². The first-order valence-electron chi connectivity index (χ1n) is 4.67. The van der Waals surface area contributed by atoms with E-state index in [4.69, 9.17) is 0 Å². The summed E-state index contributed by atoms with van der Waals surface area (Å²) >= 11 is 0. The van der Waals surface area contributed by atoms with Crippen LogP contribution < -0.4 is 5.32 Å². The lowest BCUT2D eigenvalue weighted by Gasteiger charge is -2.10. The second kappa shape index (κ2) is 5.25. The van der Waals surface area contributed by atoms with Gasteiger partial charge >= 0.3 is 0 Å². The second-order valence-corrected chi connectivity index (χ2v) is 5.34. The molecule has 0 amide bonds. The van der Waals surface area contributed by atoms with Gasteiger partial charge in [0.1, 0.15) is 0 Å². The molecular formula is C10H15NO3S. The van der Waals surface area contributed by atoms with Crippen LogP contribution in [-0.4, -0.2) is 39.0 Å². The van der Waals surface area contributed by atoms with Crippen molar-refractivity contribution in [3.63, 3.8) is 0 Å². The fourth-order valence-electron chi connectivity index (χ4n) is 1.27. The SMILES string of the molecule is CNC[C@H](O)CS(=O)(=O)c1ccccc1. The summed E-state index contributed by atoms with van der Waals surface area (Å²) in [6.07, 6.45) is -0.875. The van der Waals surface area contributed by atoms with Gasteiger partial charge in [0.25, 0.3) is 0 Å². The molecule has 1 atom stereocenters. The molecule has 0 aromatic heterocycles. The number of hydrogen-bond donors (Lipinski definition) is 2. The van der Waals surface area contributed by atoms with Crippen molar-refractivity contribution >= 4 is 9.84 Å². The largest absolute Gasteiger partial charge is 0.391 e. The third-order valence-electron chi connectivity index (χ3n) is 1.95. The monoisotopic (exact) mass is 229 g/mol. The summed E-state index contributed by atoms with van der Waals surface area (Å²) in [6.45, 7) is 0.270. The fraction of sp³-hybridized carbons (Fsp3) is 0.400. The molecule has 1 aromatic rings. The van der Waals surface area contributed by atoms with E-state index in [-0.39, 0.29) is 17.2 Å². The Hall–Kier alpha value is -0.910. The maximum absolute atomic E-state index is 11.7. The van der Waals surface area contributed by atoms with Crippen molar-refractivity contribution in [2.45, 2.75) is 11.0 Å². The van der Waals surface area contributed by atoms with Gasteiger partial charge < -0.3 is 10.4 Å². The highest BCUT2D eigenvalue weighted by molar-refractivity contribution is 7.91. The van der Waals surface area contributed by atoms with Crippen LogP contribution in [0.15, 0.2) is 35.2 Å². The number of rotatable bonds is 5. The molecule has 0 heterocycles. The van der Waals surface area contributed by atoms with Crippen LogP contribution in [0.1, 0.15) is 0 Å². The van der Waals surface area contributed by atoms with E-state index in [1.807, 2.05) is 0 Å². The zero-order valence-corrected chi connectivity index (χ0v) is 9.37. The molecule has 4 nitrogen and oxygen atoms in total. The summed E-state index contributed by atoms with van der Waals surface area (Å²) < 4.78 is 23.5. The Balaban J connectivity index is 2.77. The van der Waals surface area contributed by atoms with Gasteiger partial charge in [-0.2, -0.15) is 0 Å². The van der Waals surface area contributed by atoms with Crippen LogP contribution in [0.25, 0.3) is 0 Å². The number of sulfone groups is 1. The molecule has 0 aliphatic rings. The Labute approximate surface area is 89.9 Å². The Kier molecular flexibility index (Phi) is 4.26. The molecule has 0 radical (unpaired) electrons. The van der Waals surface area contributed by atoms with Crippen LogP contribution >= 0.6 is 0 Å². The number of benzene rings is 1. The smallest absolute Gasteiger partial charge is 0.180 e. The Bertz CT molecular complexity index is 388. The van der Waals surface area contributed by atoms with Crippen LogP contribution in [0.4, 0.5) is 0 Å². The highest BCUT2D eigenvalue weighted by Crippen LogP contribution is 2.10. The van der Waals surface area contributed by atoms with E-state index in [0.29, 0.717) is 0 Å². The summed E-state index contributed by atoms with van der Waals surface area (Å²) in [4.78, 5) is 0.250. The van der Waals surface area contributed by atoms with E-state index in [1.165, 1.54) is 12.1 Å². The predicted molar refractivity (Wildman–Crippen MR) is 58.4 cm³/mol. The quantitative estimate of drug-likeness (QED) is 0.748. The van der Waals surface area contributed by atoms with E-state index in [1.54, 1.807) is 25.2 Å². The fourth-order valence-corrected chi connectivity index (χ4v) is 2.66. The molecular weight excluding hydrogens is 214 g/mol. The van der Waals surface area contributed by atoms with Crippen molar-refractivity contribution in [2.75, 3.05) is 19.3 Å². The van der Waals surface area contributed by atoms with Gasteiger partial charge in [-0.05, 0) is 19.2 Å². The maximum atomic E-state index is 11.7. The van der Waals surface area contributed by atoms with E-state index in [9.17, 15) is 13.5 Å². The third kappa shape index (κ3) is 3.62. The van der Waals surface area contributed by atoms with Crippen molar-refractivity contribution < 1.29 is 13.5 Å². The molecule has 5 heteroatoms. The zero-order chi connectivity index (χ0) is 11.3.